The number of anilines is 1. The highest BCUT2D eigenvalue weighted by atomic mass is 16.6. The minimum absolute atomic E-state index is 0.00724. The van der Waals surface area contributed by atoms with Gasteiger partial charge in [0, 0.05) is 25.4 Å². The zero-order valence-corrected chi connectivity index (χ0v) is 25.1. The average molecular weight is 567 g/mol. The summed E-state index contributed by atoms with van der Waals surface area (Å²) in [6, 6.07) is 5.05. The first-order valence-electron chi connectivity index (χ1n) is 15.0. The van der Waals surface area contributed by atoms with Gasteiger partial charge in [0.05, 0.1) is 18.1 Å². The number of unbranched alkanes of at least 4 members (excludes halogenated alkanes) is 3. The molecule has 3 saturated heterocycles. The molecule has 0 aromatic heterocycles. The molecule has 3 aliphatic heterocycles. The zero-order chi connectivity index (χ0) is 29.9. The summed E-state index contributed by atoms with van der Waals surface area (Å²) in [5.74, 6) is -2.59. The van der Waals surface area contributed by atoms with Gasteiger partial charge in [0.15, 0.2) is 0 Å². The number of rotatable bonds is 14. The molecule has 0 aliphatic carbocycles. The number of carbonyl (C=O) groups is 3. The van der Waals surface area contributed by atoms with Crippen LogP contribution in [0.2, 0.25) is 0 Å². The molecule has 8 nitrogen and oxygen atoms in total. The van der Waals surface area contributed by atoms with E-state index in [1.165, 1.54) is 0 Å². The molecule has 6 atom stereocenters. The van der Waals surface area contributed by atoms with Crippen molar-refractivity contribution >= 4 is 23.5 Å². The Hall–Kier alpha value is -2.97. The zero-order valence-electron chi connectivity index (χ0n) is 25.1. The van der Waals surface area contributed by atoms with Gasteiger partial charge in [-0.3, -0.25) is 14.4 Å². The lowest BCUT2D eigenvalue weighted by atomic mass is 9.62. The van der Waals surface area contributed by atoms with E-state index in [0.717, 1.165) is 29.7 Å². The third-order valence-electron chi connectivity index (χ3n) is 9.39. The molecule has 1 N–H and O–H groups in total. The summed E-state index contributed by atoms with van der Waals surface area (Å²) in [6.07, 6.45) is 7.47. The van der Waals surface area contributed by atoms with Crippen LogP contribution in [0.3, 0.4) is 0 Å². The number of allylic oxidation sites excluding steroid dienone is 1. The number of hydrogen-bond acceptors (Lipinski definition) is 6. The van der Waals surface area contributed by atoms with Crippen molar-refractivity contribution in [2.24, 2.45) is 17.8 Å². The second-order valence-electron chi connectivity index (χ2n) is 12.1. The van der Waals surface area contributed by atoms with Gasteiger partial charge in [-0.2, -0.15) is 0 Å². The van der Waals surface area contributed by atoms with E-state index in [0.29, 0.717) is 32.2 Å². The molecule has 3 fully saturated rings. The van der Waals surface area contributed by atoms with Gasteiger partial charge >= 0.3 is 5.97 Å². The molecule has 2 bridgehead atoms. The highest BCUT2D eigenvalue weighted by Crippen LogP contribution is 2.65. The third kappa shape index (κ3) is 5.37. The molecule has 41 heavy (non-hydrogen) atoms. The predicted molar refractivity (Wildman–Crippen MR) is 158 cm³/mol. The Morgan fingerprint density at radius 1 is 1.20 bits per heavy atom. The largest absolute Gasteiger partial charge is 0.465 e. The van der Waals surface area contributed by atoms with E-state index in [1.54, 1.807) is 15.9 Å². The quantitative estimate of drug-likeness (QED) is 0.202. The Morgan fingerprint density at radius 2 is 1.95 bits per heavy atom. The lowest BCUT2D eigenvalue weighted by molar-refractivity contribution is -0.161. The molecule has 224 valence electrons. The summed E-state index contributed by atoms with van der Waals surface area (Å²) in [6.45, 7) is 16.3. The van der Waals surface area contributed by atoms with Gasteiger partial charge in [-0.05, 0) is 82.4 Å². The lowest BCUT2D eigenvalue weighted by Gasteiger charge is -2.37. The van der Waals surface area contributed by atoms with E-state index in [-0.39, 0.29) is 37.5 Å². The van der Waals surface area contributed by atoms with Crippen LogP contribution in [0, 0.1) is 31.6 Å². The highest BCUT2D eigenvalue weighted by molar-refractivity contribution is 6.05. The Balaban J connectivity index is 1.74. The molecule has 2 amide bonds. The van der Waals surface area contributed by atoms with Crippen molar-refractivity contribution in [1.29, 1.82) is 0 Å². The van der Waals surface area contributed by atoms with Gasteiger partial charge in [0.2, 0.25) is 5.91 Å². The first-order valence-corrected chi connectivity index (χ1v) is 15.0. The maximum absolute atomic E-state index is 14.7. The number of esters is 1. The number of ether oxygens (including phenoxy) is 2. The summed E-state index contributed by atoms with van der Waals surface area (Å²) >= 11 is 0. The van der Waals surface area contributed by atoms with Crippen LogP contribution in [0.5, 0.6) is 0 Å². The first kappa shape index (κ1) is 31.0. The Bertz CT molecular complexity index is 1180. The van der Waals surface area contributed by atoms with E-state index in [2.05, 4.69) is 13.2 Å². The maximum Gasteiger partial charge on any atom is 0.312 e. The predicted octanol–water partition coefficient (Wildman–Crippen LogP) is 4.51. The number of amides is 2. The second-order valence-corrected chi connectivity index (χ2v) is 12.1. The fourth-order valence-corrected chi connectivity index (χ4v) is 7.26. The summed E-state index contributed by atoms with van der Waals surface area (Å²) in [7, 11) is 0. The van der Waals surface area contributed by atoms with Gasteiger partial charge in [-0.25, -0.2) is 0 Å². The van der Waals surface area contributed by atoms with Crippen LogP contribution in [0.1, 0.15) is 63.5 Å². The minimum atomic E-state index is -1.15. The molecule has 1 spiro atoms. The number of aliphatic hydroxyl groups is 1. The van der Waals surface area contributed by atoms with E-state index in [9.17, 15) is 19.5 Å². The monoisotopic (exact) mass is 566 g/mol. The van der Waals surface area contributed by atoms with Crippen LogP contribution in [-0.4, -0.2) is 71.3 Å². The molecule has 1 aromatic rings. The average Bonchev–Trinajstić information content (AvgIpc) is 3.45. The topological polar surface area (TPSA) is 96.4 Å². The fraction of sp³-hybridized carbons (Fsp3) is 0.606. The van der Waals surface area contributed by atoms with Crippen molar-refractivity contribution in [1.82, 2.24) is 4.90 Å². The SMILES string of the molecule is C=CCCCCOC(=O)[C@@H]1[C@H]2C(=O)N(CCCCO)C(C(=O)N(CC=C)c3cc(C)ccc3C)C23CC(C)[C@@]1(C)O3. The van der Waals surface area contributed by atoms with Gasteiger partial charge in [-0.1, -0.05) is 31.2 Å². The van der Waals surface area contributed by atoms with E-state index in [4.69, 9.17) is 9.47 Å². The first-order chi connectivity index (χ1) is 19.6. The van der Waals surface area contributed by atoms with E-state index in [1.807, 2.05) is 52.0 Å². The van der Waals surface area contributed by atoms with Crippen molar-refractivity contribution < 1.29 is 29.0 Å². The highest BCUT2D eigenvalue weighted by Gasteiger charge is 2.80. The molecule has 0 radical (unpaired) electrons. The van der Waals surface area contributed by atoms with Crippen molar-refractivity contribution in [3.8, 4) is 0 Å². The number of hydrogen-bond donors (Lipinski definition) is 1. The summed E-state index contributed by atoms with van der Waals surface area (Å²) in [5, 5.41) is 9.45. The Morgan fingerprint density at radius 3 is 2.63 bits per heavy atom. The van der Waals surface area contributed by atoms with E-state index < -0.39 is 35.0 Å². The second kappa shape index (κ2) is 12.5. The summed E-state index contributed by atoms with van der Waals surface area (Å²) < 4.78 is 12.6. The number of aryl methyl sites for hydroxylation is 2. The molecular formula is C33H46N2O6. The Labute approximate surface area is 244 Å². The van der Waals surface area contributed by atoms with Crippen molar-refractivity contribution in [3.63, 3.8) is 0 Å². The molecule has 3 heterocycles. The molecule has 0 saturated carbocycles. The molecular weight excluding hydrogens is 520 g/mol. The summed E-state index contributed by atoms with van der Waals surface area (Å²) in [4.78, 5) is 45.9. The van der Waals surface area contributed by atoms with Crippen LogP contribution in [0.25, 0.3) is 0 Å². The van der Waals surface area contributed by atoms with Crippen molar-refractivity contribution in [2.45, 2.75) is 83.5 Å². The normalized spacial score (nSPS) is 29.9. The minimum Gasteiger partial charge on any atom is -0.465 e. The maximum atomic E-state index is 14.7. The van der Waals surface area contributed by atoms with E-state index >= 15 is 0 Å². The number of aliphatic hydroxyl groups excluding tert-OH is 1. The molecule has 8 heteroatoms. The number of benzene rings is 1. The number of carbonyl (C=O) groups excluding carboxylic acids is 3. The van der Waals surface area contributed by atoms with Gasteiger partial charge in [0.25, 0.3) is 5.91 Å². The van der Waals surface area contributed by atoms with Crippen molar-refractivity contribution in [2.75, 3.05) is 31.2 Å². The third-order valence-corrected chi connectivity index (χ3v) is 9.39. The fourth-order valence-electron chi connectivity index (χ4n) is 7.26. The van der Waals surface area contributed by atoms with Crippen LogP contribution < -0.4 is 4.90 Å². The Kier molecular flexibility index (Phi) is 9.44. The molecule has 4 rings (SSSR count). The van der Waals surface area contributed by atoms with Gasteiger partial charge in [-0.15, -0.1) is 13.2 Å². The number of nitrogens with zero attached hydrogens (tertiary/aromatic N) is 2. The summed E-state index contributed by atoms with van der Waals surface area (Å²) in [5.41, 5.74) is 0.647. The standard InChI is InChI=1S/C33H46N2O6/c1-7-9-10-13-19-40-31(39)27-26-29(37)35(17-11-12-18-36)28(33(26)21-24(5)32(27,6)41-33)30(38)34(16-8-2)25-20-22(3)14-15-23(25)4/h7-8,14-15,20,24,26-28,36H,1-2,9-13,16-19,21H2,3-6H3/t24?,26-,27-,28?,32+,33?/m0/s1. The van der Waals surface area contributed by atoms with Gasteiger partial charge < -0.3 is 24.4 Å². The molecule has 3 aliphatic rings. The molecule has 3 unspecified atom stereocenters. The van der Waals surface area contributed by atoms with Crippen LogP contribution >= 0.6 is 0 Å². The van der Waals surface area contributed by atoms with Crippen molar-refractivity contribution in [3.05, 3.63) is 54.6 Å². The smallest absolute Gasteiger partial charge is 0.312 e. The van der Waals surface area contributed by atoms with Crippen LogP contribution in [0.4, 0.5) is 5.69 Å². The lowest BCUT2D eigenvalue weighted by Crippen LogP contribution is -2.57. The number of fused-ring (bicyclic) bond motifs is 1. The van der Waals surface area contributed by atoms with Gasteiger partial charge in [0.1, 0.15) is 17.6 Å². The number of likely N-dealkylation sites (tertiary alicyclic amines) is 1. The molecule has 1 aromatic carbocycles. The van der Waals surface area contributed by atoms with Crippen LogP contribution in [-0.2, 0) is 23.9 Å². The van der Waals surface area contributed by atoms with Crippen LogP contribution in [0.15, 0.2) is 43.5 Å².